The molecule has 0 spiro atoms. The van der Waals surface area contributed by atoms with Gasteiger partial charge in [-0.1, -0.05) is 205 Å². The van der Waals surface area contributed by atoms with Gasteiger partial charge < -0.3 is 15.5 Å². The lowest BCUT2D eigenvalue weighted by Gasteiger charge is -2.22. The van der Waals surface area contributed by atoms with Crippen molar-refractivity contribution < 1.29 is 15.0 Å². The number of carbonyl (C=O) groups is 1. The highest BCUT2D eigenvalue weighted by molar-refractivity contribution is 5.76. The van der Waals surface area contributed by atoms with E-state index in [1.54, 1.807) is 0 Å². The van der Waals surface area contributed by atoms with Crippen molar-refractivity contribution in [2.75, 3.05) is 6.61 Å². The van der Waals surface area contributed by atoms with Crippen LogP contribution in [0.15, 0.2) is 24.3 Å². The molecule has 4 nitrogen and oxygen atoms in total. The Morgan fingerprint density at radius 1 is 0.500 bits per heavy atom. The lowest BCUT2D eigenvalue weighted by molar-refractivity contribution is -0.123. The number of aliphatic hydroxyl groups excluding tert-OH is 2. The number of hydrogen-bond donors (Lipinski definition) is 3. The third kappa shape index (κ3) is 36.2. The minimum Gasteiger partial charge on any atom is -0.394 e. The molecule has 284 valence electrons. The number of nitrogens with one attached hydrogen (secondary N) is 1. The number of allylic oxidation sites excluding steroid dienone is 4. The molecular formula is C44H85NO3. The zero-order valence-corrected chi connectivity index (χ0v) is 32.5. The highest BCUT2D eigenvalue weighted by Crippen LogP contribution is 2.16. The van der Waals surface area contributed by atoms with E-state index >= 15 is 0 Å². The number of aliphatic hydroxyl groups is 2. The third-order valence-corrected chi connectivity index (χ3v) is 9.97. The van der Waals surface area contributed by atoms with Gasteiger partial charge >= 0.3 is 0 Å². The summed E-state index contributed by atoms with van der Waals surface area (Å²) in [5.41, 5.74) is 0. The van der Waals surface area contributed by atoms with Crippen LogP contribution in [0.5, 0.6) is 0 Å². The van der Waals surface area contributed by atoms with Crippen molar-refractivity contribution >= 4 is 5.91 Å². The summed E-state index contributed by atoms with van der Waals surface area (Å²) in [6.07, 6.45) is 51.0. The molecule has 0 fully saturated rings. The Balaban J connectivity index is 3.52. The summed E-state index contributed by atoms with van der Waals surface area (Å²) in [4.78, 5) is 12.4. The molecule has 0 bridgehead atoms. The summed E-state index contributed by atoms with van der Waals surface area (Å²) in [5.74, 6) is -0.0381. The molecule has 0 heterocycles. The van der Waals surface area contributed by atoms with Gasteiger partial charge in [-0.15, -0.1) is 0 Å². The Morgan fingerprint density at radius 3 is 1.29 bits per heavy atom. The predicted octanol–water partition coefficient (Wildman–Crippen LogP) is 13.2. The van der Waals surface area contributed by atoms with E-state index < -0.39 is 12.1 Å². The van der Waals surface area contributed by atoms with Gasteiger partial charge in [0.15, 0.2) is 0 Å². The van der Waals surface area contributed by atoms with Gasteiger partial charge in [-0.3, -0.25) is 4.79 Å². The highest BCUT2D eigenvalue weighted by Gasteiger charge is 2.19. The van der Waals surface area contributed by atoms with Crippen molar-refractivity contribution in [3.05, 3.63) is 24.3 Å². The fraction of sp³-hybridized carbons (Fsp3) is 0.886. The molecule has 3 N–H and O–H groups in total. The topological polar surface area (TPSA) is 69.6 Å². The van der Waals surface area contributed by atoms with Crippen molar-refractivity contribution in [1.82, 2.24) is 5.32 Å². The number of amides is 1. The average molecular weight is 676 g/mol. The van der Waals surface area contributed by atoms with E-state index in [2.05, 4.69) is 43.5 Å². The van der Waals surface area contributed by atoms with Crippen LogP contribution in [-0.2, 0) is 4.79 Å². The Labute approximate surface area is 300 Å². The lowest BCUT2D eigenvalue weighted by Crippen LogP contribution is -2.45. The molecule has 1 amide bonds. The van der Waals surface area contributed by atoms with E-state index in [-0.39, 0.29) is 12.5 Å². The van der Waals surface area contributed by atoms with E-state index in [0.717, 1.165) is 32.1 Å². The zero-order chi connectivity index (χ0) is 35.0. The number of rotatable bonds is 39. The number of unbranched alkanes of at least 4 members (excludes halogenated alkanes) is 28. The Hall–Kier alpha value is -1.13. The molecule has 0 aliphatic heterocycles. The molecule has 0 aliphatic carbocycles. The second-order valence-corrected chi connectivity index (χ2v) is 14.8. The van der Waals surface area contributed by atoms with Gasteiger partial charge in [0.25, 0.3) is 0 Å². The first kappa shape index (κ1) is 46.9. The van der Waals surface area contributed by atoms with Gasteiger partial charge in [-0.2, -0.15) is 0 Å². The SMILES string of the molecule is CCCCC/C=C\C/C=C\CCCCCCCCCC(=O)NC(CO)C(O)CCCCCCCCCCCCCCCCCCCCC. The van der Waals surface area contributed by atoms with Gasteiger partial charge in [-0.05, 0) is 44.9 Å². The fourth-order valence-corrected chi connectivity index (χ4v) is 6.63. The molecular weight excluding hydrogens is 590 g/mol. The normalized spacial score (nSPS) is 13.2. The van der Waals surface area contributed by atoms with Crippen LogP contribution in [0.25, 0.3) is 0 Å². The lowest BCUT2D eigenvalue weighted by atomic mass is 10.0. The van der Waals surface area contributed by atoms with E-state index in [0.29, 0.717) is 12.8 Å². The second kappa shape index (κ2) is 40.3. The number of carbonyl (C=O) groups excluding carboxylic acids is 1. The number of hydrogen-bond acceptors (Lipinski definition) is 3. The van der Waals surface area contributed by atoms with E-state index in [1.165, 1.54) is 173 Å². The summed E-state index contributed by atoms with van der Waals surface area (Å²) in [7, 11) is 0. The van der Waals surface area contributed by atoms with Crippen molar-refractivity contribution in [3.63, 3.8) is 0 Å². The molecule has 0 aromatic rings. The van der Waals surface area contributed by atoms with Gasteiger partial charge in [-0.25, -0.2) is 0 Å². The van der Waals surface area contributed by atoms with E-state index in [1.807, 2.05) is 0 Å². The summed E-state index contributed by atoms with van der Waals surface area (Å²) in [6, 6.07) is -0.538. The second-order valence-electron chi connectivity index (χ2n) is 14.8. The molecule has 48 heavy (non-hydrogen) atoms. The largest absolute Gasteiger partial charge is 0.394 e. The van der Waals surface area contributed by atoms with Crippen LogP contribution in [0.3, 0.4) is 0 Å². The molecule has 0 radical (unpaired) electrons. The summed E-state index contributed by atoms with van der Waals surface area (Å²) < 4.78 is 0. The van der Waals surface area contributed by atoms with E-state index in [4.69, 9.17) is 0 Å². The van der Waals surface area contributed by atoms with Crippen LogP contribution in [0.4, 0.5) is 0 Å². The van der Waals surface area contributed by atoms with Crippen LogP contribution in [0.2, 0.25) is 0 Å². The smallest absolute Gasteiger partial charge is 0.220 e. The highest BCUT2D eigenvalue weighted by atomic mass is 16.3. The third-order valence-electron chi connectivity index (χ3n) is 9.97. The minimum atomic E-state index is -0.661. The molecule has 0 saturated heterocycles. The van der Waals surface area contributed by atoms with Crippen LogP contribution < -0.4 is 5.32 Å². The van der Waals surface area contributed by atoms with Crippen molar-refractivity contribution in [2.45, 2.75) is 244 Å². The average Bonchev–Trinajstić information content (AvgIpc) is 3.09. The summed E-state index contributed by atoms with van der Waals surface area (Å²) in [5, 5.41) is 23.2. The Bertz CT molecular complexity index is 691. The van der Waals surface area contributed by atoms with Crippen LogP contribution >= 0.6 is 0 Å². The first-order chi connectivity index (χ1) is 23.7. The monoisotopic (exact) mass is 676 g/mol. The van der Waals surface area contributed by atoms with E-state index in [9.17, 15) is 15.0 Å². The van der Waals surface area contributed by atoms with Crippen LogP contribution in [0, 0.1) is 0 Å². The summed E-state index contributed by atoms with van der Waals surface area (Å²) >= 11 is 0. The Kier molecular flexibility index (Phi) is 39.4. The summed E-state index contributed by atoms with van der Waals surface area (Å²) in [6.45, 7) is 4.34. The minimum absolute atomic E-state index is 0.0381. The molecule has 0 aromatic carbocycles. The zero-order valence-electron chi connectivity index (χ0n) is 32.5. The molecule has 2 atom stereocenters. The maximum Gasteiger partial charge on any atom is 0.220 e. The molecule has 0 rings (SSSR count). The molecule has 0 aliphatic rings. The quantitative estimate of drug-likeness (QED) is 0.0448. The van der Waals surface area contributed by atoms with Crippen LogP contribution in [0.1, 0.15) is 232 Å². The first-order valence-corrected chi connectivity index (χ1v) is 21.5. The standard InChI is InChI=1S/C44H85NO3/c1-3-5-7-9-11-13-15-17-19-21-22-24-25-27-29-31-33-35-37-39-43(47)42(41-46)45-44(48)40-38-36-34-32-30-28-26-23-20-18-16-14-12-10-8-6-4-2/h12,14,18,20,42-43,46-47H,3-11,13,15-17,19,21-41H2,1-2H3,(H,45,48)/b14-12-,20-18-. The van der Waals surface area contributed by atoms with Crippen molar-refractivity contribution in [3.8, 4) is 0 Å². The molecule has 2 unspecified atom stereocenters. The van der Waals surface area contributed by atoms with Crippen LogP contribution in [-0.4, -0.2) is 34.9 Å². The van der Waals surface area contributed by atoms with Gasteiger partial charge in [0.2, 0.25) is 5.91 Å². The fourth-order valence-electron chi connectivity index (χ4n) is 6.63. The maximum absolute atomic E-state index is 12.4. The molecule has 4 heteroatoms. The van der Waals surface area contributed by atoms with Gasteiger partial charge in [0.05, 0.1) is 18.8 Å². The van der Waals surface area contributed by atoms with Gasteiger partial charge in [0.1, 0.15) is 0 Å². The molecule has 0 aromatic heterocycles. The Morgan fingerprint density at radius 2 is 0.854 bits per heavy atom. The van der Waals surface area contributed by atoms with Gasteiger partial charge in [0, 0.05) is 6.42 Å². The first-order valence-electron chi connectivity index (χ1n) is 21.5. The molecule has 0 saturated carbocycles. The van der Waals surface area contributed by atoms with Crippen molar-refractivity contribution in [2.24, 2.45) is 0 Å². The predicted molar refractivity (Wildman–Crippen MR) is 212 cm³/mol. The van der Waals surface area contributed by atoms with Crippen molar-refractivity contribution in [1.29, 1.82) is 0 Å². The maximum atomic E-state index is 12.4.